The van der Waals surface area contributed by atoms with Crippen LogP contribution in [0.2, 0.25) is 5.02 Å². The van der Waals surface area contributed by atoms with Crippen LogP contribution in [0, 0.1) is 20.8 Å². The summed E-state index contributed by atoms with van der Waals surface area (Å²) in [5.74, 6) is 1.65. The highest BCUT2D eigenvalue weighted by Gasteiger charge is 2.17. The first-order valence-corrected chi connectivity index (χ1v) is 14.5. The van der Waals surface area contributed by atoms with Crippen molar-refractivity contribution in [2.75, 3.05) is 7.11 Å². The number of hydrazone groups is 1. The van der Waals surface area contributed by atoms with E-state index in [4.69, 9.17) is 25.8 Å². The first-order chi connectivity index (χ1) is 20.4. The van der Waals surface area contributed by atoms with Gasteiger partial charge in [-0.05, 0) is 114 Å². The highest BCUT2D eigenvalue weighted by atomic mass is 35.5. The van der Waals surface area contributed by atoms with Crippen molar-refractivity contribution >= 4 is 23.7 Å². The minimum Gasteiger partial charge on any atom is -0.493 e. The van der Waals surface area contributed by atoms with E-state index in [1.165, 1.54) is 22.3 Å². The smallest absolute Gasteiger partial charge is 0.271 e. The molecule has 0 bridgehead atoms. The van der Waals surface area contributed by atoms with Crippen LogP contribution >= 0.6 is 11.6 Å². The quantitative estimate of drug-likeness (QED) is 0.147. The van der Waals surface area contributed by atoms with Gasteiger partial charge in [-0.25, -0.2) is 5.43 Å². The van der Waals surface area contributed by atoms with Gasteiger partial charge >= 0.3 is 0 Å². The molecule has 0 heterocycles. The second kappa shape index (κ2) is 13.8. The number of benzene rings is 4. The third-order valence-corrected chi connectivity index (χ3v) is 7.68. The van der Waals surface area contributed by atoms with Crippen molar-refractivity contribution < 1.29 is 19.0 Å². The number of carbonyl (C=O) groups excluding carboxylic acids is 1. The van der Waals surface area contributed by atoms with Crippen LogP contribution in [0.15, 0.2) is 77.9 Å². The number of amides is 1. The maximum Gasteiger partial charge on any atom is 0.271 e. The molecule has 4 aromatic carbocycles. The molecular formula is C36H39ClN2O4. The molecule has 4 aromatic rings. The maximum atomic E-state index is 12.6. The lowest BCUT2D eigenvalue weighted by atomic mass is 9.84. The summed E-state index contributed by atoms with van der Waals surface area (Å²) in [5.41, 5.74) is 10.7. The van der Waals surface area contributed by atoms with Crippen molar-refractivity contribution in [2.45, 2.75) is 60.2 Å². The van der Waals surface area contributed by atoms with Crippen molar-refractivity contribution in [3.63, 3.8) is 0 Å². The van der Waals surface area contributed by atoms with Crippen molar-refractivity contribution in [1.29, 1.82) is 0 Å². The van der Waals surface area contributed by atoms with Crippen molar-refractivity contribution in [2.24, 2.45) is 5.10 Å². The molecule has 0 unspecified atom stereocenters. The first kappa shape index (κ1) is 31.6. The molecule has 0 saturated heterocycles. The van der Waals surface area contributed by atoms with Gasteiger partial charge in [-0.2, -0.15) is 5.10 Å². The molecule has 1 amide bonds. The van der Waals surface area contributed by atoms with E-state index in [-0.39, 0.29) is 11.3 Å². The van der Waals surface area contributed by atoms with Crippen molar-refractivity contribution in [1.82, 2.24) is 5.43 Å². The summed E-state index contributed by atoms with van der Waals surface area (Å²) < 4.78 is 17.6. The van der Waals surface area contributed by atoms with Crippen LogP contribution in [0.1, 0.15) is 70.1 Å². The van der Waals surface area contributed by atoms with Crippen LogP contribution in [-0.4, -0.2) is 19.2 Å². The number of methoxy groups -OCH3 is 1. The molecule has 0 aromatic heterocycles. The van der Waals surface area contributed by atoms with Gasteiger partial charge in [0.25, 0.3) is 5.91 Å². The summed E-state index contributed by atoms with van der Waals surface area (Å²) in [6.07, 6.45) is 1.57. The lowest BCUT2D eigenvalue weighted by molar-refractivity contribution is 0.0955. The molecule has 0 saturated carbocycles. The summed E-state index contributed by atoms with van der Waals surface area (Å²) in [7, 11) is 1.60. The lowest BCUT2D eigenvalue weighted by Gasteiger charge is -2.22. The van der Waals surface area contributed by atoms with Gasteiger partial charge in [0.15, 0.2) is 11.5 Å². The van der Waals surface area contributed by atoms with E-state index in [0.717, 1.165) is 22.4 Å². The van der Waals surface area contributed by atoms with E-state index in [2.05, 4.69) is 57.3 Å². The summed E-state index contributed by atoms with van der Waals surface area (Å²) in [5, 5.41) is 4.83. The second-order valence-corrected chi connectivity index (χ2v) is 12.0. The predicted octanol–water partition coefficient (Wildman–Crippen LogP) is 8.49. The number of hydrogen-bond donors (Lipinski definition) is 1. The highest BCUT2D eigenvalue weighted by Crippen LogP contribution is 2.31. The van der Waals surface area contributed by atoms with E-state index >= 15 is 0 Å². The lowest BCUT2D eigenvalue weighted by Crippen LogP contribution is -2.17. The van der Waals surface area contributed by atoms with Gasteiger partial charge in [0.2, 0.25) is 0 Å². The fraction of sp³-hybridized carbons (Fsp3) is 0.278. The number of aryl methyl sites for hydroxylation is 3. The monoisotopic (exact) mass is 598 g/mol. The minimum atomic E-state index is -0.313. The number of nitrogens with zero attached hydrogens (tertiary/aromatic N) is 1. The Bertz CT molecular complexity index is 1600. The minimum absolute atomic E-state index is 0.0906. The largest absolute Gasteiger partial charge is 0.493 e. The summed E-state index contributed by atoms with van der Waals surface area (Å²) in [4.78, 5) is 12.6. The Morgan fingerprint density at radius 3 is 2.16 bits per heavy atom. The van der Waals surface area contributed by atoms with Crippen molar-refractivity contribution in [3.05, 3.63) is 122 Å². The van der Waals surface area contributed by atoms with Crippen LogP contribution < -0.4 is 19.6 Å². The molecule has 4 rings (SSSR count). The molecule has 0 spiro atoms. The molecule has 0 aliphatic carbocycles. The molecule has 1 N–H and O–H groups in total. The van der Waals surface area contributed by atoms with Crippen LogP contribution in [0.3, 0.4) is 0 Å². The van der Waals surface area contributed by atoms with Gasteiger partial charge in [-0.15, -0.1) is 0 Å². The van der Waals surface area contributed by atoms with Gasteiger partial charge < -0.3 is 14.2 Å². The zero-order valence-corrected chi connectivity index (χ0v) is 26.6. The van der Waals surface area contributed by atoms with Crippen LogP contribution in [0.4, 0.5) is 0 Å². The predicted molar refractivity (Wildman–Crippen MR) is 174 cm³/mol. The van der Waals surface area contributed by atoms with E-state index in [0.29, 0.717) is 35.3 Å². The number of carbonyl (C=O) groups is 1. The fourth-order valence-electron chi connectivity index (χ4n) is 4.54. The number of halogens is 1. The first-order valence-electron chi connectivity index (χ1n) is 14.2. The van der Waals surface area contributed by atoms with E-state index < -0.39 is 0 Å². The fourth-order valence-corrected chi connectivity index (χ4v) is 4.66. The Morgan fingerprint density at radius 2 is 1.53 bits per heavy atom. The average Bonchev–Trinajstić information content (AvgIpc) is 2.97. The van der Waals surface area contributed by atoms with E-state index in [1.807, 2.05) is 55.5 Å². The molecule has 6 nitrogen and oxygen atoms in total. The third kappa shape index (κ3) is 8.39. The summed E-state index contributed by atoms with van der Waals surface area (Å²) >= 11 is 6.07. The number of rotatable bonds is 10. The summed E-state index contributed by atoms with van der Waals surface area (Å²) in [6.45, 7) is 13.7. The molecule has 0 atom stereocenters. The molecule has 43 heavy (non-hydrogen) atoms. The van der Waals surface area contributed by atoms with E-state index in [9.17, 15) is 4.79 Å². The molecule has 7 heteroatoms. The number of hydrogen-bond acceptors (Lipinski definition) is 5. The molecule has 0 aliphatic rings. The Morgan fingerprint density at radius 1 is 0.837 bits per heavy atom. The number of nitrogens with one attached hydrogen (secondary N) is 1. The molecule has 0 radical (unpaired) electrons. The standard InChI is InChI=1S/C36H39ClN2O4/c1-23-16-29(36(4,5)6)17-24(2)31(23)22-43-33-15-10-27(19-34(33)41-7)20-38-39-35(40)28-11-8-26(9-12-28)21-42-30-13-14-32(37)25(3)18-30/h8-20H,21-22H2,1-7H3,(H,39,40). The highest BCUT2D eigenvalue weighted by molar-refractivity contribution is 6.31. The topological polar surface area (TPSA) is 69.2 Å². The SMILES string of the molecule is COc1cc(C=NNC(=O)c2ccc(COc3ccc(Cl)c(C)c3)cc2)ccc1OCc1c(C)cc(C(C)(C)C)cc1C. The Labute approximate surface area is 259 Å². The van der Waals surface area contributed by atoms with Gasteiger partial charge in [0.1, 0.15) is 19.0 Å². The zero-order chi connectivity index (χ0) is 31.1. The van der Waals surface area contributed by atoms with Gasteiger partial charge in [-0.1, -0.05) is 56.6 Å². The second-order valence-electron chi connectivity index (χ2n) is 11.6. The molecular weight excluding hydrogens is 560 g/mol. The van der Waals surface area contributed by atoms with Gasteiger partial charge in [0.05, 0.1) is 13.3 Å². The van der Waals surface area contributed by atoms with Gasteiger partial charge in [-0.3, -0.25) is 4.79 Å². The summed E-state index contributed by atoms with van der Waals surface area (Å²) in [6, 6.07) is 22.8. The average molecular weight is 599 g/mol. The molecule has 0 fully saturated rings. The Balaban J connectivity index is 1.32. The van der Waals surface area contributed by atoms with Gasteiger partial charge in [0, 0.05) is 10.6 Å². The molecule has 224 valence electrons. The molecule has 0 aliphatic heterocycles. The normalized spacial score (nSPS) is 11.4. The van der Waals surface area contributed by atoms with Crippen LogP contribution in [-0.2, 0) is 18.6 Å². The Hall–Kier alpha value is -4.29. The number of ether oxygens (including phenoxy) is 3. The van der Waals surface area contributed by atoms with Crippen molar-refractivity contribution in [3.8, 4) is 17.2 Å². The van der Waals surface area contributed by atoms with E-state index in [1.54, 1.807) is 25.5 Å². The van der Waals surface area contributed by atoms with Crippen LogP contribution in [0.5, 0.6) is 17.2 Å². The zero-order valence-electron chi connectivity index (χ0n) is 25.9. The maximum absolute atomic E-state index is 12.6. The van der Waals surface area contributed by atoms with Crippen LogP contribution in [0.25, 0.3) is 0 Å². The Kier molecular flexibility index (Phi) is 10.1. The third-order valence-electron chi connectivity index (χ3n) is 7.25.